The topological polar surface area (TPSA) is 199 Å². The first-order chi connectivity index (χ1) is 32.7. The van der Waals surface area contributed by atoms with E-state index >= 15 is 0 Å². The van der Waals surface area contributed by atoms with Crippen LogP contribution >= 0.6 is 0 Å². The van der Waals surface area contributed by atoms with E-state index in [1.807, 2.05) is 6.07 Å². The number of alkyl halides is 3. The van der Waals surface area contributed by atoms with Crippen molar-refractivity contribution in [3.8, 4) is 0 Å². The lowest BCUT2D eigenvalue weighted by atomic mass is 9.84. The highest BCUT2D eigenvalue weighted by Gasteiger charge is 2.44. The summed E-state index contributed by atoms with van der Waals surface area (Å²) >= 11 is 0. The molecule has 1 aliphatic carbocycles. The molecule has 2 aromatic heterocycles. The number of anilines is 1. The number of likely N-dealkylation sites (tertiary alicyclic amines) is 2. The molecule has 1 aromatic carbocycles. The number of fused-ring (bicyclic) bond motifs is 1. The number of halogens is 3. The number of nitrogens with one attached hydrogen (secondary N) is 3. The molecule has 1 unspecified atom stereocenters. The predicted octanol–water partition coefficient (Wildman–Crippen LogP) is 3.61. The SMILES string of the molecule is CC(C)N(C)[C@@H]1CCC(N2CC[C@H](Nc3ncnc4ccc(C(F)(F)F)cc34)C2=O)[C@H](NC(=O)CCOCCOCCOCCOCCOCCNC(=O)[C@H]2CC(=O)N(C)[C@@H]2c2cccnc2)C1. The molecular formula is C47H66F3N9O9. The maximum atomic E-state index is 13.9. The molecule has 6 atom stereocenters. The molecule has 0 spiro atoms. The number of carbonyl (C=O) groups is 4. The zero-order chi connectivity index (χ0) is 48.6. The number of carbonyl (C=O) groups excluding carboxylic acids is 4. The van der Waals surface area contributed by atoms with E-state index in [1.54, 1.807) is 35.3 Å². The van der Waals surface area contributed by atoms with Crippen LogP contribution in [0.2, 0.25) is 0 Å². The standard InChI is InChI=1S/C47H66F3N9O9/c1-31(2)57(3)34-8-10-40(59-15-11-38(46(59)63)56-44-35-26-33(47(48,49)50)7-9-37(35)53-30-54-44)39(27-34)55-41(60)12-16-64-18-20-66-22-24-68-25-23-67-21-19-65-17-14-52-45(62)36-28-42(61)58(4)43(36)32-6-5-13-51-29-32/h5-7,9,13,26,29-31,34,36,38-40,43H,8,10-12,14-25,27-28H2,1-4H3,(H,52,62)(H,55,60)(H,53,54,56)/t34-,36+,38+,39-,40?,43-/m1/s1. The average molecular weight is 958 g/mol. The van der Waals surface area contributed by atoms with Gasteiger partial charge >= 0.3 is 6.18 Å². The first-order valence-electron chi connectivity index (χ1n) is 23.4. The van der Waals surface area contributed by atoms with Gasteiger partial charge in [0, 0.05) is 62.8 Å². The Hall–Kier alpha value is -5.06. The van der Waals surface area contributed by atoms with Crippen molar-refractivity contribution in [3.05, 3.63) is 60.2 Å². The Morgan fingerprint density at radius 2 is 1.57 bits per heavy atom. The maximum Gasteiger partial charge on any atom is 0.416 e. The second-order valence-electron chi connectivity index (χ2n) is 17.6. The van der Waals surface area contributed by atoms with E-state index in [0.29, 0.717) is 97.3 Å². The van der Waals surface area contributed by atoms with E-state index in [2.05, 4.69) is 56.7 Å². The van der Waals surface area contributed by atoms with Crippen LogP contribution in [0, 0.1) is 5.92 Å². The first-order valence-corrected chi connectivity index (χ1v) is 23.4. The molecule has 3 N–H and O–H groups in total. The summed E-state index contributed by atoms with van der Waals surface area (Å²) in [7, 11) is 3.77. The zero-order valence-electron chi connectivity index (χ0n) is 39.4. The molecule has 18 nitrogen and oxygen atoms in total. The molecule has 68 heavy (non-hydrogen) atoms. The summed E-state index contributed by atoms with van der Waals surface area (Å²) in [6.07, 6.45) is 2.94. The molecule has 3 fully saturated rings. The van der Waals surface area contributed by atoms with E-state index in [0.717, 1.165) is 24.1 Å². The van der Waals surface area contributed by atoms with Gasteiger partial charge in [-0.05, 0) is 76.4 Å². The number of benzene rings is 1. The van der Waals surface area contributed by atoms with E-state index in [9.17, 15) is 32.3 Å². The van der Waals surface area contributed by atoms with Crippen molar-refractivity contribution in [2.45, 2.75) is 94.8 Å². The number of pyridine rings is 1. The van der Waals surface area contributed by atoms with Crippen LogP contribution in [0.3, 0.4) is 0 Å². The van der Waals surface area contributed by atoms with Crippen molar-refractivity contribution in [2.24, 2.45) is 5.92 Å². The molecule has 1 saturated carbocycles. The molecule has 21 heteroatoms. The molecule has 4 amide bonds. The van der Waals surface area contributed by atoms with E-state index in [1.165, 1.54) is 12.4 Å². The molecule has 4 heterocycles. The van der Waals surface area contributed by atoms with Gasteiger partial charge in [0.25, 0.3) is 0 Å². The quantitative estimate of drug-likeness (QED) is 0.0987. The van der Waals surface area contributed by atoms with Crippen LogP contribution in [0.15, 0.2) is 49.1 Å². The number of ether oxygens (including phenoxy) is 5. The number of rotatable bonds is 26. The lowest BCUT2D eigenvalue weighted by molar-refractivity contribution is -0.137. The van der Waals surface area contributed by atoms with Gasteiger partial charge in [-0.1, -0.05) is 6.07 Å². The Morgan fingerprint density at radius 1 is 0.897 bits per heavy atom. The van der Waals surface area contributed by atoms with Gasteiger partial charge in [-0.25, -0.2) is 9.97 Å². The lowest BCUT2D eigenvalue weighted by Crippen LogP contribution is -2.58. The van der Waals surface area contributed by atoms with Gasteiger partial charge in [0.1, 0.15) is 18.2 Å². The molecular weight excluding hydrogens is 892 g/mol. The number of hydrogen-bond donors (Lipinski definition) is 3. The summed E-state index contributed by atoms with van der Waals surface area (Å²) < 4.78 is 68.5. The van der Waals surface area contributed by atoms with Crippen LogP contribution in [0.5, 0.6) is 0 Å². The Labute approximate surface area is 395 Å². The minimum Gasteiger partial charge on any atom is -0.379 e. The molecule has 6 rings (SSSR count). The molecule has 2 aliphatic heterocycles. The highest BCUT2D eigenvalue weighted by atomic mass is 19.4. The van der Waals surface area contributed by atoms with Crippen LogP contribution in [0.4, 0.5) is 19.0 Å². The normalized spacial score (nSPS) is 22.2. The largest absolute Gasteiger partial charge is 0.416 e. The fourth-order valence-electron chi connectivity index (χ4n) is 9.05. The van der Waals surface area contributed by atoms with Crippen LogP contribution in [-0.2, 0) is 49.0 Å². The van der Waals surface area contributed by atoms with Crippen LogP contribution in [-0.4, -0.2) is 177 Å². The van der Waals surface area contributed by atoms with E-state index in [4.69, 9.17) is 23.7 Å². The number of hydrogen-bond acceptors (Lipinski definition) is 14. The summed E-state index contributed by atoms with van der Waals surface area (Å²) in [6, 6.07) is 5.81. The van der Waals surface area contributed by atoms with Gasteiger partial charge < -0.3 is 54.3 Å². The summed E-state index contributed by atoms with van der Waals surface area (Å²) in [5.74, 6) is -0.972. The van der Waals surface area contributed by atoms with E-state index in [-0.39, 0.29) is 84.5 Å². The van der Waals surface area contributed by atoms with Crippen molar-refractivity contribution in [3.63, 3.8) is 0 Å². The second kappa shape index (κ2) is 25.5. The van der Waals surface area contributed by atoms with Gasteiger partial charge in [0.05, 0.1) is 101 Å². The van der Waals surface area contributed by atoms with Crippen molar-refractivity contribution in [1.82, 2.24) is 40.3 Å². The summed E-state index contributed by atoms with van der Waals surface area (Å²) in [4.78, 5) is 70.5. The molecule has 3 aliphatic rings. The minimum absolute atomic E-state index is 0.0794. The summed E-state index contributed by atoms with van der Waals surface area (Å²) in [5, 5.41) is 9.35. The van der Waals surface area contributed by atoms with Crippen LogP contribution in [0.25, 0.3) is 10.9 Å². The Balaban J connectivity index is 0.808. The predicted molar refractivity (Wildman–Crippen MR) is 244 cm³/mol. The van der Waals surface area contributed by atoms with Crippen LogP contribution < -0.4 is 16.0 Å². The third-order valence-electron chi connectivity index (χ3n) is 12.9. The van der Waals surface area contributed by atoms with Crippen molar-refractivity contribution >= 4 is 40.3 Å². The second-order valence-corrected chi connectivity index (χ2v) is 17.6. The Kier molecular flexibility index (Phi) is 19.6. The van der Waals surface area contributed by atoms with Gasteiger partial charge in [-0.3, -0.25) is 24.2 Å². The number of nitrogens with zero attached hydrogens (tertiary/aromatic N) is 6. The van der Waals surface area contributed by atoms with E-state index < -0.39 is 23.7 Å². The molecule has 374 valence electrons. The summed E-state index contributed by atoms with van der Waals surface area (Å²) in [6.45, 7) is 8.34. The Morgan fingerprint density at radius 3 is 2.22 bits per heavy atom. The molecule has 0 radical (unpaired) electrons. The average Bonchev–Trinajstić information content (AvgIpc) is 3.84. The third-order valence-corrected chi connectivity index (χ3v) is 12.9. The fraction of sp³-hybridized carbons (Fsp3) is 0.638. The molecule has 0 bridgehead atoms. The lowest BCUT2D eigenvalue weighted by Gasteiger charge is -2.44. The Bertz CT molecular complexity index is 2110. The number of aromatic nitrogens is 3. The minimum atomic E-state index is -4.54. The number of amides is 4. The maximum absolute atomic E-state index is 13.9. The fourth-order valence-corrected chi connectivity index (χ4v) is 9.05. The van der Waals surface area contributed by atoms with Crippen molar-refractivity contribution < 1.29 is 56.0 Å². The molecule has 2 saturated heterocycles. The smallest absolute Gasteiger partial charge is 0.379 e. The molecule has 3 aromatic rings. The van der Waals surface area contributed by atoms with Crippen LogP contribution in [0.1, 0.15) is 69.5 Å². The zero-order valence-corrected chi connectivity index (χ0v) is 39.4. The van der Waals surface area contributed by atoms with Crippen molar-refractivity contribution in [2.75, 3.05) is 98.6 Å². The van der Waals surface area contributed by atoms with Gasteiger partial charge in [0.2, 0.25) is 23.6 Å². The highest BCUT2D eigenvalue weighted by molar-refractivity contribution is 5.93. The third kappa shape index (κ3) is 14.5. The monoisotopic (exact) mass is 957 g/mol. The summed E-state index contributed by atoms with van der Waals surface area (Å²) in [5.41, 5.74) is 0.330. The highest BCUT2D eigenvalue weighted by Crippen LogP contribution is 2.37. The first kappa shape index (κ1) is 52.3. The van der Waals surface area contributed by atoms with Gasteiger partial charge in [-0.15, -0.1) is 0 Å². The van der Waals surface area contributed by atoms with Crippen molar-refractivity contribution in [1.29, 1.82) is 0 Å². The van der Waals surface area contributed by atoms with Gasteiger partial charge in [0.15, 0.2) is 0 Å². The van der Waals surface area contributed by atoms with Gasteiger partial charge in [-0.2, -0.15) is 13.2 Å².